The molecule has 0 aliphatic heterocycles. The molecular formula is C15H23N3O. The molecule has 2 aromatic rings. The Bertz CT molecular complexity index is 548. The summed E-state index contributed by atoms with van der Waals surface area (Å²) in [6.45, 7) is 5.46. The first-order valence-electron chi connectivity index (χ1n) is 7.05. The van der Waals surface area contributed by atoms with Crippen LogP contribution in [0.5, 0.6) is 0 Å². The van der Waals surface area contributed by atoms with Gasteiger partial charge >= 0.3 is 0 Å². The molecule has 0 radical (unpaired) electrons. The predicted molar refractivity (Wildman–Crippen MR) is 79.0 cm³/mol. The molecule has 3 N–H and O–H groups in total. The lowest BCUT2D eigenvalue weighted by molar-refractivity contribution is 0.244. The third-order valence-corrected chi connectivity index (χ3v) is 3.72. The smallest absolute Gasteiger partial charge is 0.109 e. The third-order valence-electron chi connectivity index (χ3n) is 3.72. The summed E-state index contributed by atoms with van der Waals surface area (Å²) < 4.78 is 2.28. The number of anilines is 1. The normalized spacial score (nSPS) is 13.0. The zero-order valence-corrected chi connectivity index (χ0v) is 11.8. The number of aryl methyl sites for hydroxylation is 1. The van der Waals surface area contributed by atoms with Crippen LogP contribution >= 0.6 is 0 Å². The Hall–Kier alpha value is -1.55. The summed E-state index contributed by atoms with van der Waals surface area (Å²) in [7, 11) is 0. The van der Waals surface area contributed by atoms with Gasteiger partial charge < -0.3 is 15.4 Å². The highest BCUT2D eigenvalue weighted by Crippen LogP contribution is 2.22. The molecule has 0 amide bonds. The molecule has 0 saturated heterocycles. The highest BCUT2D eigenvalue weighted by Gasteiger charge is 2.13. The van der Waals surface area contributed by atoms with Crippen LogP contribution in [0.4, 0.5) is 5.69 Å². The number of nitrogen functional groups attached to an aromatic ring is 1. The number of benzene rings is 1. The van der Waals surface area contributed by atoms with Crippen molar-refractivity contribution in [1.82, 2.24) is 9.55 Å². The highest BCUT2D eigenvalue weighted by molar-refractivity contribution is 5.79. The molecule has 104 valence electrons. The average molecular weight is 261 g/mol. The molecule has 0 spiro atoms. The number of hydrogen-bond acceptors (Lipinski definition) is 3. The first-order chi connectivity index (χ1) is 9.19. The molecule has 2 rings (SSSR count). The third kappa shape index (κ3) is 2.89. The summed E-state index contributed by atoms with van der Waals surface area (Å²) in [6, 6.07) is 5.90. The van der Waals surface area contributed by atoms with E-state index in [0.29, 0.717) is 5.92 Å². The molecule has 0 saturated carbocycles. The van der Waals surface area contributed by atoms with Gasteiger partial charge in [0.05, 0.1) is 11.0 Å². The number of rotatable bonds is 6. The van der Waals surface area contributed by atoms with Crippen LogP contribution in [0.2, 0.25) is 0 Å². The average Bonchev–Trinajstić information content (AvgIpc) is 2.75. The van der Waals surface area contributed by atoms with Crippen LogP contribution in [-0.2, 0) is 13.0 Å². The Labute approximate surface area is 114 Å². The fourth-order valence-corrected chi connectivity index (χ4v) is 2.54. The number of nitrogens with two attached hydrogens (primary N) is 1. The second-order valence-electron chi connectivity index (χ2n) is 5.03. The van der Waals surface area contributed by atoms with E-state index in [2.05, 4.69) is 23.4 Å². The molecule has 1 aromatic carbocycles. The number of nitrogens with zero attached hydrogens (tertiary/aromatic N) is 2. The van der Waals surface area contributed by atoms with Crippen molar-refractivity contribution in [3.05, 3.63) is 24.0 Å². The molecular weight excluding hydrogens is 238 g/mol. The monoisotopic (exact) mass is 261 g/mol. The second-order valence-corrected chi connectivity index (χ2v) is 5.03. The quantitative estimate of drug-likeness (QED) is 0.786. The van der Waals surface area contributed by atoms with Crippen LogP contribution in [0.25, 0.3) is 11.0 Å². The van der Waals surface area contributed by atoms with Crippen molar-refractivity contribution in [2.75, 3.05) is 12.3 Å². The van der Waals surface area contributed by atoms with Gasteiger partial charge in [0.25, 0.3) is 0 Å². The second kappa shape index (κ2) is 6.06. The maximum Gasteiger partial charge on any atom is 0.109 e. The van der Waals surface area contributed by atoms with Crippen molar-refractivity contribution in [3.63, 3.8) is 0 Å². The van der Waals surface area contributed by atoms with Gasteiger partial charge in [0.2, 0.25) is 0 Å². The molecule has 19 heavy (non-hydrogen) atoms. The first kappa shape index (κ1) is 13.9. The van der Waals surface area contributed by atoms with Gasteiger partial charge in [0.1, 0.15) is 5.82 Å². The summed E-state index contributed by atoms with van der Waals surface area (Å²) in [4.78, 5) is 4.66. The van der Waals surface area contributed by atoms with Crippen LogP contribution in [-0.4, -0.2) is 21.3 Å². The van der Waals surface area contributed by atoms with E-state index in [1.807, 2.05) is 18.2 Å². The van der Waals surface area contributed by atoms with E-state index in [4.69, 9.17) is 10.8 Å². The number of aromatic nitrogens is 2. The summed E-state index contributed by atoms with van der Waals surface area (Å²) >= 11 is 0. The van der Waals surface area contributed by atoms with E-state index in [-0.39, 0.29) is 6.61 Å². The summed E-state index contributed by atoms with van der Waals surface area (Å²) in [5.74, 6) is 1.59. The number of fused-ring (bicyclic) bond motifs is 1. The Morgan fingerprint density at radius 1 is 1.37 bits per heavy atom. The predicted octanol–water partition coefficient (Wildman–Crippen LogP) is 2.59. The van der Waals surface area contributed by atoms with E-state index in [1.165, 1.54) is 0 Å². The van der Waals surface area contributed by atoms with Crippen molar-refractivity contribution in [2.24, 2.45) is 5.92 Å². The van der Waals surface area contributed by atoms with E-state index in [9.17, 15) is 0 Å². The van der Waals surface area contributed by atoms with E-state index >= 15 is 0 Å². The number of aliphatic hydroxyl groups excluding tert-OH is 1. The van der Waals surface area contributed by atoms with Gasteiger partial charge in [0.15, 0.2) is 0 Å². The highest BCUT2D eigenvalue weighted by atomic mass is 16.3. The fraction of sp³-hybridized carbons (Fsp3) is 0.533. The maximum atomic E-state index is 9.13. The van der Waals surface area contributed by atoms with Gasteiger partial charge in [-0.25, -0.2) is 4.98 Å². The zero-order chi connectivity index (χ0) is 13.8. The van der Waals surface area contributed by atoms with Crippen molar-refractivity contribution in [1.29, 1.82) is 0 Å². The van der Waals surface area contributed by atoms with Crippen LogP contribution < -0.4 is 5.73 Å². The summed E-state index contributed by atoms with van der Waals surface area (Å²) in [6.07, 6.45) is 2.82. The molecule has 1 aromatic heterocycles. The van der Waals surface area contributed by atoms with E-state index < -0.39 is 0 Å². The van der Waals surface area contributed by atoms with Crippen LogP contribution in [0.15, 0.2) is 18.2 Å². The van der Waals surface area contributed by atoms with Gasteiger partial charge in [-0.3, -0.25) is 0 Å². The SMILES string of the molecule is CCc1nc2cc(N)ccc2n1CC(CC)CCO. The van der Waals surface area contributed by atoms with Crippen molar-refractivity contribution in [3.8, 4) is 0 Å². The van der Waals surface area contributed by atoms with Crippen molar-refractivity contribution in [2.45, 2.75) is 39.7 Å². The van der Waals surface area contributed by atoms with E-state index in [1.54, 1.807) is 0 Å². The summed E-state index contributed by atoms with van der Waals surface area (Å²) in [5.41, 5.74) is 8.68. The molecule has 1 atom stereocenters. The van der Waals surface area contributed by atoms with Crippen molar-refractivity contribution >= 4 is 16.7 Å². The van der Waals surface area contributed by atoms with Gasteiger partial charge in [0, 0.05) is 25.3 Å². The lowest BCUT2D eigenvalue weighted by Crippen LogP contribution is -2.13. The van der Waals surface area contributed by atoms with Crippen molar-refractivity contribution < 1.29 is 5.11 Å². The molecule has 0 aliphatic carbocycles. The van der Waals surface area contributed by atoms with Gasteiger partial charge in [-0.05, 0) is 30.5 Å². The van der Waals surface area contributed by atoms with Gasteiger partial charge in [-0.15, -0.1) is 0 Å². The Kier molecular flexibility index (Phi) is 4.43. The Morgan fingerprint density at radius 3 is 2.79 bits per heavy atom. The minimum absolute atomic E-state index is 0.250. The minimum atomic E-state index is 0.250. The molecule has 0 bridgehead atoms. The van der Waals surface area contributed by atoms with Gasteiger partial charge in [-0.1, -0.05) is 20.3 Å². The molecule has 4 nitrogen and oxygen atoms in total. The largest absolute Gasteiger partial charge is 0.399 e. The lowest BCUT2D eigenvalue weighted by Gasteiger charge is -2.16. The zero-order valence-electron chi connectivity index (χ0n) is 11.8. The molecule has 1 unspecified atom stereocenters. The Balaban J connectivity index is 2.39. The van der Waals surface area contributed by atoms with Crippen LogP contribution in [0.3, 0.4) is 0 Å². The fourth-order valence-electron chi connectivity index (χ4n) is 2.54. The maximum absolute atomic E-state index is 9.13. The number of hydrogen-bond donors (Lipinski definition) is 2. The van der Waals surface area contributed by atoms with E-state index in [0.717, 1.165) is 48.4 Å². The standard InChI is InChI=1S/C15H23N3O/c1-3-11(7-8-19)10-18-14-6-5-12(16)9-13(14)17-15(18)4-2/h5-6,9,11,19H,3-4,7-8,10,16H2,1-2H3. The van der Waals surface area contributed by atoms with Crippen LogP contribution in [0.1, 0.15) is 32.5 Å². The molecule has 0 fully saturated rings. The van der Waals surface area contributed by atoms with Crippen LogP contribution in [0, 0.1) is 5.92 Å². The minimum Gasteiger partial charge on any atom is -0.399 e. The number of aliphatic hydroxyl groups is 1. The van der Waals surface area contributed by atoms with Gasteiger partial charge in [-0.2, -0.15) is 0 Å². The molecule has 1 heterocycles. The number of imidazole rings is 1. The topological polar surface area (TPSA) is 64.1 Å². The first-order valence-corrected chi connectivity index (χ1v) is 7.05. The summed E-state index contributed by atoms with van der Waals surface area (Å²) in [5, 5.41) is 9.13. The molecule has 4 heteroatoms. The molecule has 0 aliphatic rings. The Morgan fingerprint density at radius 2 is 2.16 bits per heavy atom. The lowest BCUT2D eigenvalue weighted by atomic mass is 10.0.